The first kappa shape index (κ1) is 22.3. The summed E-state index contributed by atoms with van der Waals surface area (Å²) in [5, 5.41) is 2.65. The summed E-state index contributed by atoms with van der Waals surface area (Å²) in [7, 11) is 3.84. The Kier molecular flexibility index (Phi) is 7.24. The van der Waals surface area contributed by atoms with Gasteiger partial charge in [0.1, 0.15) is 5.75 Å². The van der Waals surface area contributed by atoms with Crippen LogP contribution in [0.5, 0.6) is 17.2 Å². The second-order valence-corrected chi connectivity index (χ2v) is 8.24. The minimum atomic E-state index is -3.59. The molecular formula is C20H24N2O6S. The van der Waals surface area contributed by atoms with E-state index in [0.717, 1.165) is 4.31 Å². The van der Waals surface area contributed by atoms with E-state index in [2.05, 4.69) is 5.32 Å². The van der Waals surface area contributed by atoms with Gasteiger partial charge in [-0.1, -0.05) is 6.07 Å². The van der Waals surface area contributed by atoms with Crippen LogP contribution in [0.3, 0.4) is 0 Å². The number of methoxy groups -OCH3 is 3. The SMILES string of the molecule is COc1cc(OC)c(OC)cc1/C=C/C(=O)Nc1cccc(S(=O)(=O)N(C)C)c1. The predicted octanol–water partition coefficient (Wildman–Crippen LogP) is 2.61. The molecule has 0 heterocycles. The highest BCUT2D eigenvalue weighted by molar-refractivity contribution is 7.89. The smallest absolute Gasteiger partial charge is 0.248 e. The zero-order valence-electron chi connectivity index (χ0n) is 16.9. The van der Waals surface area contributed by atoms with Crippen molar-refractivity contribution < 1.29 is 27.4 Å². The number of amides is 1. The monoisotopic (exact) mass is 420 g/mol. The Hall–Kier alpha value is -3.04. The number of ether oxygens (including phenoxy) is 3. The molecule has 156 valence electrons. The Morgan fingerprint density at radius 3 is 2.17 bits per heavy atom. The van der Waals surface area contributed by atoms with E-state index in [4.69, 9.17) is 14.2 Å². The molecule has 2 rings (SSSR count). The van der Waals surface area contributed by atoms with E-state index in [9.17, 15) is 13.2 Å². The zero-order chi connectivity index (χ0) is 21.6. The number of carbonyl (C=O) groups excluding carboxylic acids is 1. The van der Waals surface area contributed by atoms with E-state index in [1.54, 1.807) is 30.3 Å². The van der Waals surface area contributed by atoms with Gasteiger partial charge >= 0.3 is 0 Å². The summed E-state index contributed by atoms with van der Waals surface area (Å²) in [4.78, 5) is 12.4. The van der Waals surface area contributed by atoms with Crippen LogP contribution in [-0.2, 0) is 14.8 Å². The standard InChI is InChI=1S/C20H24N2O6S/c1-22(2)29(24,25)16-8-6-7-15(12-16)21-20(23)10-9-14-11-18(27-4)19(28-5)13-17(14)26-3/h6-13H,1-5H3,(H,21,23)/b10-9+. The van der Waals surface area contributed by atoms with Crippen LogP contribution in [0.1, 0.15) is 5.56 Å². The van der Waals surface area contributed by atoms with Gasteiger partial charge in [-0.05, 0) is 30.3 Å². The van der Waals surface area contributed by atoms with Gasteiger partial charge in [0.15, 0.2) is 11.5 Å². The summed E-state index contributed by atoms with van der Waals surface area (Å²) < 4.78 is 41.4. The Bertz CT molecular complexity index is 1020. The lowest BCUT2D eigenvalue weighted by Gasteiger charge is -2.12. The van der Waals surface area contributed by atoms with Crippen molar-refractivity contribution in [1.29, 1.82) is 0 Å². The van der Waals surface area contributed by atoms with Gasteiger partial charge in [0.05, 0.1) is 26.2 Å². The summed E-state index contributed by atoms with van der Waals surface area (Å²) >= 11 is 0. The lowest BCUT2D eigenvalue weighted by atomic mass is 10.1. The van der Waals surface area contributed by atoms with Gasteiger partial charge < -0.3 is 19.5 Å². The van der Waals surface area contributed by atoms with E-state index in [1.165, 1.54) is 53.6 Å². The van der Waals surface area contributed by atoms with Crippen LogP contribution < -0.4 is 19.5 Å². The molecule has 1 amide bonds. The number of nitrogens with one attached hydrogen (secondary N) is 1. The highest BCUT2D eigenvalue weighted by atomic mass is 32.2. The van der Waals surface area contributed by atoms with E-state index in [1.807, 2.05) is 0 Å². The third-order valence-corrected chi connectivity index (χ3v) is 5.84. The van der Waals surface area contributed by atoms with E-state index < -0.39 is 15.9 Å². The molecule has 0 bridgehead atoms. The largest absolute Gasteiger partial charge is 0.496 e. The molecule has 8 nitrogen and oxygen atoms in total. The summed E-state index contributed by atoms with van der Waals surface area (Å²) in [6.45, 7) is 0. The van der Waals surface area contributed by atoms with Crippen molar-refractivity contribution in [3.8, 4) is 17.2 Å². The Morgan fingerprint density at radius 2 is 1.59 bits per heavy atom. The van der Waals surface area contributed by atoms with Crippen LogP contribution in [-0.4, -0.2) is 54.1 Å². The molecular weight excluding hydrogens is 396 g/mol. The molecule has 9 heteroatoms. The highest BCUT2D eigenvalue weighted by Crippen LogP contribution is 2.35. The molecule has 2 aromatic rings. The first-order valence-corrected chi connectivity index (χ1v) is 9.98. The Labute approximate surface area is 170 Å². The lowest BCUT2D eigenvalue weighted by Crippen LogP contribution is -2.22. The fourth-order valence-electron chi connectivity index (χ4n) is 2.48. The average Bonchev–Trinajstić information content (AvgIpc) is 2.71. The zero-order valence-corrected chi connectivity index (χ0v) is 17.7. The van der Waals surface area contributed by atoms with Crippen molar-refractivity contribution in [2.24, 2.45) is 0 Å². The van der Waals surface area contributed by atoms with Crippen LogP contribution in [0, 0.1) is 0 Å². The van der Waals surface area contributed by atoms with Gasteiger partial charge in [-0.25, -0.2) is 12.7 Å². The number of nitrogens with zero attached hydrogens (tertiary/aromatic N) is 1. The minimum Gasteiger partial charge on any atom is -0.496 e. The van der Waals surface area contributed by atoms with Crippen LogP contribution in [0.15, 0.2) is 47.4 Å². The first-order chi connectivity index (χ1) is 13.7. The first-order valence-electron chi connectivity index (χ1n) is 8.54. The molecule has 0 radical (unpaired) electrons. The second-order valence-electron chi connectivity index (χ2n) is 6.09. The van der Waals surface area contributed by atoms with Crippen LogP contribution >= 0.6 is 0 Å². The van der Waals surface area contributed by atoms with Gasteiger partial charge in [0.2, 0.25) is 15.9 Å². The van der Waals surface area contributed by atoms with Crippen molar-refractivity contribution >= 4 is 27.7 Å². The van der Waals surface area contributed by atoms with E-state index in [-0.39, 0.29) is 4.90 Å². The molecule has 0 aliphatic heterocycles. The molecule has 0 saturated heterocycles. The van der Waals surface area contributed by atoms with E-state index in [0.29, 0.717) is 28.5 Å². The predicted molar refractivity (Wildman–Crippen MR) is 111 cm³/mol. The van der Waals surface area contributed by atoms with Gasteiger partial charge in [-0.15, -0.1) is 0 Å². The molecule has 0 fully saturated rings. The fraction of sp³-hybridized carbons (Fsp3) is 0.250. The third kappa shape index (κ3) is 5.27. The highest BCUT2D eigenvalue weighted by Gasteiger charge is 2.17. The number of hydrogen-bond donors (Lipinski definition) is 1. The number of hydrogen-bond acceptors (Lipinski definition) is 6. The molecule has 0 aromatic heterocycles. The van der Waals surface area contributed by atoms with Crippen LogP contribution in [0.25, 0.3) is 6.08 Å². The van der Waals surface area contributed by atoms with Gasteiger partial charge in [-0.3, -0.25) is 4.79 Å². The third-order valence-electron chi connectivity index (χ3n) is 4.03. The summed E-state index contributed by atoms with van der Waals surface area (Å²) in [6, 6.07) is 9.38. The van der Waals surface area contributed by atoms with Gasteiger partial charge in [-0.2, -0.15) is 0 Å². The van der Waals surface area contributed by atoms with Gasteiger partial charge in [0, 0.05) is 37.5 Å². The molecule has 1 N–H and O–H groups in total. The van der Waals surface area contributed by atoms with Crippen LogP contribution in [0.2, 0.25) is 0 Å². The van der Waals surface area contributed by atoms with Crippen LogP contribution in [0.4, 0.5) is 5.69 Å². The summed E-state index contributed by atoms with van der Waals surface area (Å²) in [6.07, 6.45) is 2.88. The molecule has 0 unspecified atom stereocenters. The maximum Gasteiger partial charge on any atom is 0.248 e. The molecule has 0 atom stereocenters. The lowest BCUT2D eigenvalue weighted by molar-refractivity contribution is -0.111. The topological polar surface area (TPSA) is 94.2 Å². The molecule has 2 aromatic carbocycles. The Morgan fingerprint density at radius 1 is 0.966 bits per heavy atom. The van der Waals surface area contributed by atoms with Crippen molar-refractivity contribution in [2.45, 2.75) is 4.90 Å². The summed E-state index contributed by atoms with van der Waals surface area (Å²) in [5.41, 5.74) is 0.978. The second kappa shape index (κ2) is 9.44. The molecule has 0 aliphatic rings. The molecule has 0 saturated carbocycles. The van der Waals surface area contributed by atoms with Crippen molar-refractivity contribution in [2.75, 3.05) is 40.7 Å². The van der Waals surface area contributed by atoms with Crippen molar-refractivity contribution in [1.82, 2.24) is 4.31 Å². The van der Waals surface area contributed by atoms with Crippen molar-refractivity contribution in [3.63, 3.8) is 0 Å². The quantitative estimate of drug-likeness (QED) is 0.660. The van der Waals surface area contributed by atoms with Gasteiger partial charge in [0.25, 0.3) is 0 Å². The number of rotatable bonds is 8. The number of carbonyl (C=O) groups is 1. The molecule has 0 spiro atoms. The summed E-state index contributed by atoms with van der Waals surface area (Å²) in [5.74, 6) is 1.08. The average molecular weight is 420 g/mol. The molecule has 29 heavy (non-hydrogen) atoms. The number of benzene rings is 2. The van der Waals surface area contributed by atoms with Crippen molar-refractivity contribution in [3.05, 3.63) is 48.0 Å². The normalized spacial score (nSPS) is 11.5. The molecule has 0 aliphatic carbocycles. The minimum absolute atomic E-state index is 0.0887. The fourth-order valence-corrected chi connectivity index (χ4v) is 3.43. The maximum atomic E-state index is 12.3. The Balaban J connectivity index is 2.23. The number of sulfonamides is 1. The number of anilines is 1. The maximum absolute atomic E-state index is 12.3. The van der Waals surface area contributed by atoms with E-state index >= 15 is 0 Å².